The molecule has 15 heteroatoms. The second-order valence-corrected chi connectivity index (χ2v) is 14.5. The third kappa shape index (κ3) is 14.9. The van der Waals surface area contributed by atoms with Crippen molar-refractivity contribution in [2.45, 2.75) is 121 Å². The maximum atomic E-state index is 10.9. The van der Waals surface area contributed by atoms with Crippen LogP contribution in [0.4, 0.5) is 0 Å². The molecule has 1 N–H and O–H groups in total. The summed E-state index contributed by atoms with van der Waals surface area (Å²) in [5.41, 5.74) is 0. The molecule has 0 aromatic rings. The molecule has 0 amide bonds. The van der Waals surface area contributed by atoms with Gasteiger partial charge in [-0.2, -0.15) is 0 Å². The van der Waals surface area contributed by atoms with E-state index < -0.39 is 41.5 Å². The standard InChI is InChI=1S/C33H60O15/c1-30(2)41-15-26(16-42-30)37-11-24(12-38-27-17-43-31(3,4)44-18-27)35-9-23(34)10-36-25(13-39-28-19-45-32(5,6)46-20-28)14-40-29-21-47-33(7,8)48-22-29/h23-29,34H,9-22H2,1-8H3. The molecule has 48 heavy (non-hydrogen) atoms. The average Bonchev–Trinajstić information content (AvgIpc) is 3.02. The zero-order valence-electron chi connectivity index (χ0n) is 30.1. The molecule has 0 saturated carbocycles. The van der Waals surface area contributed by atoms with Gasteiger partial charge in [0.05, 0.1) is 92.5 Å². The molecule has 0 spiro atoms. The quantitative estimate of drug-likeness (QED) is 0.222. The van der Waals surface area contributed by atoms with Gasteiger partial charge in [0.2, 0.25) is 0 Å². The van der Waals surface area contributed by atoms with Gasteiger partial charge >= 0.3 is 0 Å². The van der Waals surface area contributed by atoms with E-state index in [4.69, 9.17) is 66.3 Å². The molecule has 0 radical (unpaired) electrons. The van der Waals surface area contributed by atoms with Crippen LogP contribution in [0.5, 0.6) is 0 Å². The Bertz CT molecular complexity index is 755. The minimum absolute atomic E-state index is 0.0139. The molecule has 4 rings (SSSR count). The van der Waals surface area contributed by atoms with Crippen LogP contribution >= 0.6 is 0 Å². The largest absolute Gasteiger partial charge is 0.388 e. The molecule has 0 aromatic carbocycles. The van der Waals surface area contributed by atoms with Crippen molar-refractivity contribution in [2.75, 3.05) is 92.5 Å². The van der Waals surface area contributed by atoms with Crippen molar-refractivity contribution in [3.63, 3.8) is 0 Å². The molecule has 4 aliphatic rings. The first-order valence-corrected chi connectivity index (χ1v) is 17.1. The normalized spacial score (nSPS) is 25.8. The lowest BCUT2D eigenvalue weighted by molar-refractivity contribution is -0.287. The Balaban J connectivity index is 1.24. The van der Waals surface area contributed by atoms with Gasteiger partial charge in [-0.15, -0.1) is 0 Å². The van der Waals surface area contributed by atoms with Crippen molar-refractivity contribution in [2.24, 2.45) is 0 Å². The van der Waals surface area contributed by atoms with E-state index in [-0.39, 0.29) is 64.1 Å². The van der Waals surface area contributed by atoms with Crippen LogP contribution < -0.4 is 0 Å². The van der Waals surface area contributed by atoms with Gasteiger partial charge in [0.25, 0.3) is 0 Å². The third-order valence-electron chi connectivity index (χ3n) is 8.05. The van der Waals surface area contributed by atoms with E-state index >= 15 is 0 Å². The Kier molecular flexibility index (Phi) is 15.3. The molecule has 4 aliphatic heterocycles. The highest BCUT2D eigenvalue weighted by molar-refractivity contribution is 4.73. The molecular formula is C33H60O15. The van der Waals surface area contributed by atoms with Gasteiger partial charge in [-0.05, 0) is 55.4 Å². The van der Waals surface area contributed by atoms with E-state index in [0.717, 1.165) is 0 Å². The first-order valence-electron chi connectivity index (χ1n) is 17.1. The van der Waals surface area contributed by atoms with Crippen molar-refractivity contribution in [1.82, 2.24) is 0 Å². The Labute approximate surface area is 285 Å². The minimum Gasteiger partial charge on any atom is -0.388 e. The van der Waals surface area contributed by atoms with Crippen LogP contribution in [-0.2, 0) is 66.3 Å². The first-order chi connectivity index (χ1) is 22.6. The SMILES string of the molecule is CC1(C)OCC(OCC(COC2COC(C)(C)OC2)OCC(O)COC(COC2COC(C)(C)OC2)COC2COC(C)(C)OC2)CO1. The van der Waals surface area contributed by atoms with Crippen LogP contribution in [0, 0.1) is 0 Å². The summed E-state index contributed by atoms with van der Waals surface area (Å²) < 4.78 is 82.0. The van der Waals surface area contributed by atoms with E-state index in [1.807, 2.05) is 55.4 Å². The second kappa shape index (κ2) is 18.2. The number of hydrogen-bond donors (Lipinski definition) is 1. The number of rotatable bonds is 18. The number of hydrogen-bond acceptors (Lipinski definition) is 15. The Morgan fingerprint density at radius 2 is 0.625 bits per heavy atom. The lowest BCUT2D eigenvalue weighted by Gasteiger charge is -2.36. The summed E-state index contributed by atoms with van der Waals surface area (Å²) in [6.45, 7) is 18.9. The smallest absolute Gasteiger partial charge is 0.163 e. The lowest BCUT2D eigenvalue weighted by Crippen LogP contribution is -2.46. The second-order valence-electron chi connectivity index (χ2n) is 14.5. The highest BCUT2D eigenvalue weighted by Crippen LogP contribution is 2.22. The summed E-state index contributed by atoms with van der Waals surface area (Å²) in [6.07, 6.45) is -2.93. The maximum absolute atomic E-state index is 10.9. The van der Waals surface area contributed by atoms with E-state index in [1.165, 1.54) is 0 Å². The number of ether oxygens (including phenoxy) is 14. The zero-order chi connectivity index (χ0) is 34.8. The van der Waals surface area contributed by atoms with Gasteiger partial charge < -0.3 is 71.4 Å². The fourth-order valence-electron chi connectivity index (χ4n) is 4.90. The van der Waals surface area contributed by atoms with E-state index in [1.54, 1.807) is 0 Å². The monoisotopic (exact) mass is 696 g/mol. The average molecular weight is 697 g/mol. The lowest BCUT2D eigenvalue weighted by atomic mass is 10.3. The van der Waals surface area contributed by atoms with Crippen molar-refractivity contribution in [3.8, 4) is 0 Å². The van der Waals surface area contributed by atoms with E-state index in [2.05, 4.69) is 0 Å². The molecule has 0 atom stereocenters. The van der Waals surface area contributed by atoms with Crippen LogP contribution in [0.25, 0.3) is 0 Å². The van der Waals surface area contributed by atoms with Gasteiger partial charge in [-0.1, -0.05) is 0 Å². The molecule has 4 saturated heterocycles. The minimum atomic E-state index is -0.941. The van der Waals surface area contributed by atoms with Crippen molar-refractivity contribution in [3.05, 3.63) is 0 Å². The molecule has 4 heterocycles. The Morgan fingerprint density at radius 3 is 0.833 bits per heavy atom. The van der Waals surface area contributed by atoms with Gasteiger partial charge in [-0.3, -0.25) is 0 Å². The van der Waals surface area contributed by atoms with Crippen LogP contribution in [0.2, 0.25) is 0 Å². The molecule has 0 aliphatic carbocycles. The van der Waals surface area contributed by atoms with Crippen LogP contribution in [-0.4, -0.2) is 163 Å². The fourth-order valence-corrected chi connectivity index (χ4v) is 4.90. The van der Waals surface area contributed by atoms with Crippen molar-refractivity contribution >= 4 is 0 Å². The van der Waals surface area contributed by atoms with Gasteiger partial charge in [-0.25, -0.2) is 0 Å². The van der Waals surface area contributed by atoms with Crippen molar-refractivity contribution in [1.29, 1.82) is 0 Å². The summed E-state index contributed by atoms with van der Waals surface area (Å²) in [5.74, 6) is -2.57. The maximum Gasteiger partial charge on any atom is 0.163 e. The predicted octanol–water partition coefficient (Wildman–Crippen LogP) is 1.79. The highest BCUT2D eigenvalue weighted by Gasteiger charge is 2.33. The summed E-state index contributed by atoms with van der Waals surface area (Å²) in [6, 6.07) is 0. The molecule has 282 valence electrons. The number of aliphatic hydroxyl groups is 1. The number of aliphatic hydroxyl groups excluding tert-OH is 1. The molecular weight excluding hydrogens is 636 g/mol. The Hall–Kier alpha value is -0.600. The van der Waals surface area contributed by atoms with Gasteiger partial charge in [0.15, 0.2) is 23.1 Å². The molecule has 15 nitrogen and oxygen atoms in total. The first kappa shape index (κ1) is 40.2. The van der Waals surface area contributed by atoms with Crippen LogP contribution in [0.15, 0.2) is 0 Å². The molecule has 0 unspecified atom stereocenters. The van der Waals surface area contributed by atoms with E-state index in [0.29, 0.717) is 52.9 Å². The summed E-state index contributed by atoms with van der Waals surface area (Å²) >= 11 is 0. The van der Waals surface area contributed by atoms with Gasteiger partial charge in [0, 0.05) is 0 Å². The Morgan fingerprint density at radius 1 is 0.417 bits per heavy atom. The fraction of sp³-hybridized carbons (Fsp3) is 1.00. The van der Waals surface area contributed by atoms with Crippen LogP contribution in [0.3, 0.4) is 0 Å². The van der Waals surface area contributed by atoms with Crippen LogP contribution in [0.1, 0.15) is 55.4 Å². The summed E-state index contributed by atoms with van der Waals surface area (Å²) in [7, 11) is 0. The molecule has 4 fully saturated rings. The summed E-state index contributed by atoms with van der Waals surface area (Å²) in [4.78, 5) is 0. The third-order valence-corrected chi connectivity index (χ3v) is 8.05. The van der Waals surface area contributed by atoms with E-state index in [9.17, 15) is 5.11 Å². The topological polar surface area (TPSA) is 149 Å². The molecule has 0 bridgehead atoms. The zero-order valence-corrected chi connectivity index (χ0v) is 30.1. The van der Waals surface area contributed by atoms with Crippen molar-refractivity contribution < 1.29 is 71.4 Å². The molecule has 0 aromatic heterocycles. The predicted molar refractivity (Wildman–Crippen MR) is 168 cm³/mol. The highest BCUT2D eigenvalue weighted by atomic mass is 16.7. The van der Waals surface area contributed by atoms with Gasteiger partial charge in [0.1, 0.15) is 42.7 Å². The summed E-state index contributed by atoms with van der Waals surface area (Å²) in [5, 5.41) is 10.9.